The van der Waals surface area contributed by atoms with Crippen molar-refractivity contribution in [1.82, 2.24) is 4.57 Å². The van der Waals surface area contributed by atoms with Crippen LogP contribution >= 0.6 is 0 Å². The minimum absolute atomic E-state index is 0.0348. The summed E-state index contributed by atoms with van der Waals surface area (Å²) in [5.41, 5.74) is 3.19. The van der Waals surface area contributed by atoms with Gasteiger partial charge >= 0.3 is 0 Å². The lowest BCUT2D eigenvalue weighted by atomic mass is 9.96. The van der Waals surface area contributed by atoms with Gasteiger partial charge in [-0.1, -0.05) is 26.0 Å². The first-order valence-electron chi connectivity index (χ1n) is 7.90. The lowest BCUT2D eigenvalue weighted by molar-refractivity contribution is 0.183. The highest BCUT2D eigenvalue weighted by Crippen LogP contribution is 2.28. The number of halogens is 1. The zero-order valence-corrected chi connectivity index (χ0v) is 14.4. The molecular formula is C19H24FNO2. The van der Waals surface area contributed by atoms with Gasteiger partial charge in [0.2, 0.25) is 0 Å². The molecule has 0 aliphatic rings. The average molecular weight is 317 g/mol. The first-order valence-corrected chi connectivity index (χ1v) is 7.90. The molecule has 0 atom stereocenters. The number of ether oxygens (including phenoxy) is 1. The number of nitrogens with zero attached hydrogens (tertiary/aromatic N) is 1. The molecule has 4 heteroatoms. The van der Waals surface area contributed by atoms with Gasteiger partial charge in [0, 0.05) is 18.8 Å². The molecule has 0 fully saturated rings. The summed E-state index contributed by atoms with van der Waals surface area (Å²) in [6, 6.07) is 8.33. The summed E-state index contributed by atoms with van der Waals surface area (Å²) in [7, 11) is 1.57. The number of hydrogen-bond donors (Lipinski definition) is 0. The van der Waals surface area contributed by atoms with E-state index in [2.05, 4.69) is 13.8 Å². The van der Waals surface area contributed by atoms with E-state index in [4.69, 9.17) is 4.74 Å². The van der Waals surface area contributed by atoms with Crippen molar-refractivity contribution in [2.75, 3.05) is 7.11 Å². The van der Waals surface area contributed by atoms with Crippen LogP contribution in [0.5, 0.6) is 0 Å². The Morgan fingerprint density at radius 1 is 1.13 bits per heavy atom. The van der Waals surface area contributed by atoms with E-state index in [-0.39, 0.29) is 29.9 Å². The van der Waals surface area contributed by atoms with Crippen molar-refractivity contribution in [3.05, 3.63) is 57.8 Å². The predicted octanol–water partition coefficient (Wildman–Crippen LogP) is 4.51. The fourth-order valence-corrected chi connectivity index (χ4v) is 2.83. The van der Waals surface area contributed by atoms with E-state index in [9.17, 15) is 9.18 Å². The maximum absolute atomic E-state index is 13.2. The minimum Gasteiger partial charge on any atom is -0.380 e. The zero-order valence-electron chi connectivity index (χ0n) is 14.4. The van der Waals surface area contributed by atoms with Crippen molar-refractivity contribution in [2.45, 2.75) is 46.3 Å². The molecule has 2 rings (SSSR count). The maximum Gasteiger partial charge on any atom is 0.257 e. The predicted molar refractivity (Wildman–Crippen MR) is 91.3 cm³/mol. The highest BCUT2D eigenvalue weighted by atomic mass is 19.1. The highest BCUT2D eigenvalue weighted by Gasteiger charge is 2.19. The van der Waals surface area contributed by atoms with Crippen LogP contribution in [0.4, 0.5) is 4.39 Å². The molecule has 0 bridgehead atoms. The largest absolute Gasteiger partial charge is 0.380 e. The van der Waals surface area contributed by atoms with E-state index in [0.717, 1.165) is 16.8 Å². The molecule has 2 aromatic rings. The lowest BCUT2D eigenvalue weighted by Crippen LogP contribution is -2.29. The van der Waals surface area contributed by atoms with Crippen LogP contribution in [-0.4, -0.2) is 11.7 Å². The van der Waals surface area contributed by atoms with Gasteiger partial charge in [-0.25, -0.2) is 4.39 Å². The molecule has 0 saturated heterocycles. The van der Waals surface area contributed by atoms with Gasteiger partial charge in [-0.15, -0.1) is 0 Å². The van der Waals surface area contributed by atoms with Gasteiger partial charge in [0.05, 0.1) is 12.2 Å². The van der Waals surface area contributed by atoms with E-state index < -0.39 is 0 Å². The zero-order chi connectivity index (χ0) is 17.1. The molecule has 124 valence electrons. The number of rotatable bonds is 5. The summed E-state index contributed by atoms with van der Waals surface area (Å²) in [5.74, 6) is -0.0810. The second kappa shape index (κ2) is 7.09. The molecule has 0 aliphatic heterocycles. The van der Waals surface area contributed by atoms with Crippen molar-refractivity contribution >= 4 is 0 Å². The highest BCUT2D eigenvalue weighted by molar-refractivity contribution is 5.67. The summed E-state index contributed by atoms with van der Waals surface area (Å²) in [5, 5.41) is 0. The average Bonchev–Trinajstić information content (AvgIpc) is 2.49. The standard InChI is InChI=1S/C19H24FNO2/c1-12(2)18-10-16(14-6-8-15(20)9-7-14)17(11-23-5)19(22)21(18)13(3)4/h6-10,12-13H,11H2,1-5H3. The van der Waals surface area contributed by atoms with Crippen LogP contribution in [0, 0.1) is 5.82 Å². The monoisotopic (exact) mass is 317 g/mol. The number of pyridine rings is 1. The van der Waals surface area contributed by atoms with Gasteiger partial charge in [-0.2, -0.15) is 0 Å². The van der Waals surface area contributed by atoms with Gasteiger partial charge in [-0.3, -0.25) is 4.79 Å². The lowest BCUT2D eigenvalue weighted by Gasteiger charge is -2.22. The van der Waals surface area contributed by atoms with E-state index >= 15 is 0 Å². The van der Waals surface area contributed by atoms with Gasteiger partial charge in [0.15, 0.2) is 0 Å². The van der Waals surface area contributed by atoms with E-state index in [1.807, 2.05) is 24.5 Å². The van der Waals surface area contributed by atoms with Crippen molar-refractivity contribution in [3.63, 3.8) is 0 Å². The summed E-state index contributed by atoms with van der Waals surface area (Å²) in [6.07, 6.45) is 0. The molecule has 3 nitrogen and oxygen atoms in total. The summed E-state index contributed by atoms with van der Waals surface area (Å²) in [6.45, 7) is 8.37. The Morgan fingerprint density at radius 2 is 1.74 bits per heavy atom. The maximum atomic E-state index is 13.2. The third-order valence-electron chi connectivity index (χ3n) is 3.92. The summed E-state index contributed by atoms with van der Waals surface area (Å²) >= 11 is 0. The molecule has 0 N–H and O–H groups in total. The molecule has 0 radical (unpaired) electrons. The smallest absolute Gasteiger partial charge is 0.257 e. The normalized spacial score (nSPS) is 11.5. The molecule has 23 heavy (non-hydrogen) atoms. The van der Waals surface area contributed by atoms with Gasteiger partial charge in [0.1, 0.15) is 5.82 Å². The fraction of sp³-hybridized carbons (Fsp3) is 0.421. The van der Waals surface area contributed by atoms with Crippen LogP contribution in [0.1, 0.15) is 50.9 Å². The van der Waals surface area contributed by atoms with Crippen molar-refractivity contribution in [2.24, 2.45) is 0 Å². The van der Waals surface area contributed by atoms with E-state index in [1.165, 1.54) is 12.1 Å². The van der Waals surface area contributed by atoms with E-state index in [0.29, 0.717) is 5.56 Å². The first-order chi connectivity index (χ1) is 10.9. The van der Waals surface area contributed by atoms with Crippen LogP contribution in [0.15, 0.2) is 35.1 Å². The van der Waals surface area contributed by atoms with Crippen LogP contribution in [0.25, 0.3) is 11.1 Å². The Morgan fingerprint density at radius 3 is 2.22 bits per heavy atom. The van der Waals surface area contributed by atoms with Crippen LogP contribution < -0.4 is 5.56 Å². The van der Waals surface area contributed by atoms with Gasteiger partial charge in [-0.05, 0) is 49.1 Å². The second-order valence-electron chi connectivity index (χ2n) is 6.32. The molecule has 0 unspecified atom stereocenters. The molecule has 0 aliphatic carbocycles. The first kappa shape index (κ1) is 17.4. The summed E-state index contributed by atoms with van der Waals surface area (Å²) < 4.78 is 20.3. The molecule has 1 heterocycles. The second-order valence-corrected chi connectivity index (χ2v) is 6.32. The minimum atomic E-state index is -0.290. The Labute approximate surface area is 136 Å². The van der Waals surface area contributed by atoms with Crippen LogP contribution in [0.3, 0.4) is 0 Å². The quantitative estimate of drug-likeness (QED) is 0.812. The molecular weight excluding hydrogens is 293 g/mol. The summed E-state index contributed by atoms with van der Waals surface area (Å²) in [4.78, 5) is 13.0. The molecule has 1 aromatic heterocycles. The van der Waals surface area contributed by atoms with Crippen LogP contribution in [0.2, 0.25) is 0 Å². The Kier molecular flexibility index (Phi) is 5.37. The molecule has 1 aromatic carbocycles. The molecule has 0 amide bonds. The van der Waals surface area contributed by atoms with Crippen molar-refractivity contribution < 1.29 is 9.13 Å². The fourth-order valence-electron chi connectivity index (χ4n) is 2.83. The topological polar surface area (TPSA) is 31.2 Å². The number of hydrogen-bond acceptors (Lipinski definition) is 2. The Bertz CT molecular complexity index is 730. The number of methoxy groups -OCH3 is 1. The number of aromatic nitrogens is 1. The Hall–Kier alpha value is -1.94. The number of benzene rings is 1. The SMILES string of the molecule is COCc1c(-c2ccc(F)cc2)cc(C(C)C)n(C(C)C)c1=O. The Balaban J connectivity index is 2.79. The van der Waals surface area contributed by atoms with Crippen LogP contribution in [-0.2, 0) is 11.3 Å². The van der Waals surface area contributed by atoms with Crippen molar-refractivity contribution in [1.29, 1.82) is 0 Å². The van der Waals surface area contributed by atoms with Gasteiger partial charge in [0.25, 0.3) is 5.56 Å². The van der Waals surface area contributed by atoms with E-state index in [1.54, 1.807) is 19.2 Å². The molecule has 0 spiro atoms. The van der Waals surface area contributed by atoms with Gasteiger partial charge < -0.3 is 9.30 Å². The third kappa shape index (κ3) is 3.53. The molecule has 0 saturated carbocycles. The third-order valence-corrected chi connectivity index (χ3v) is 3.92. The van der Waals surface area contributed by atoms with Crippen molar-refractivity contribution in [3.8, 4) is 11.1 Å².